The van der Waals surface area contributed by atoms with Gasteiger partial charge in [-0.25, -0.2) is 0 Å². The summed E-state index contributed by atoms with van der Waals surface area (Å²) < 4.78 is 0. The van der Waals surface area contributed by atoms with E-state index >= 15 is 0 Å². The second kappa shape index (κ2) is 5.32. The summed E-state index contributed by atoms with van der Waals surface area (Å²) in [5, 5.41) is 5.74. The molecular weight excluding hydrogens is 164 g/mol. The van der Waals surface area contributed by atoms with Crippen LogP contribution in [0.2, 0.25) is 0 Å². The van der Waals surface area contributed by atoms with Gasteiger partial charge < -0.3 is 10.6 Å². The molecule has 0 atom stereocenters. The van der Waals surface area contributed by atoms with Crippen molar-refractivity contribution in [3.8, 4) is 0 Å². The highest BCUT2D eigenvalue weighted by Crippen LogP contribution is 1.96. The number of likely N-dealkylation sites (N-methyl/N-ethyl adjacent to an activating group) is 1. The van der Waals surface area contributed by atoms with E-state index in [1.165, 1.54) is 0 Å². The van der Waals surface area contributed by atoms with Crippen molar-refractivity contribution in [1.82, 2.24) is 10.6 Å². The maximum absolute atomic E-state index is 11.4. The quantitative estimate of drug-likeness (QED) is 0.655. The van der Waals surface area contributed by atoms with E-state index in [2.05, 4.69) is 16.7 Å². The molecule has 0 spiro atoms. The van der Waals surface area contributed by atoms with E-state index in [1.54, 1.807) is 24.3 Å². The Morgan fingerprint density at radius 2 is 2.08 bits per heavy atom. The molecule has 0 bridgehead atoms. The molecule has 69 valence electrons. The molecule has 1 rings (SSSR count). The topological polar surface area (TPSA) is 41.1 Å². The van der Waals surface area contributed by atoms with Crippen molar-refractivity contribution >= 4 is 5.91 Å². The Morgan fingerprint density at radius 1 is 1.38 bits per heavy atom. The SMILES string of the molecule is CNCCNC(=O)c1cc[c]cc1. The van der Waals surface area contributed by atoms with Crippen LogP contribution < -0.4 is 10.6 Å². The van der Waals surface area contributed by atoms with Crippen molar-refractivity contribution in [2.45, 2.75) is 0 Å². The average molecular weight is 177 g/mol. The fourth-order valence-electron chi connectivity index (χ4n) is 0.941. The van der Waals surface area contributed by atoms with Gasteiger partial charge in [0.1, 0.15) is 0 Å². The molecule has 0 fully saturated rings. The lowest BCUT2D eigenvalue weighted by atomic mass is 10.2. The zero-order chi connectivity index (χ0) is 9.52. The largest absolute Gasteiger partial charge is 0.351 e. The van der Waals surface area contributed by atoms with Crippen molar-refractivity contribution < 1.29 is 4.79 Å². The number of hydrogen-bond acceptors (Lipinski definition) is 2. The Balaban J connectivity index is 2.40. The van der Waals surface area contributed by atoms with Crippen LogP contribution in [0.3, 0.4) is 0 Å². The summed E-state index contributed by atoms with van der Waals surface area (Å²) in [5.74, 6) is -0.0377. The molecule has 3 nitrogen and oxygen atoms in total. The molecule has 1 aromatic carbocycles. The van der Waals surface area contributed by atoms with E-state index < -0.39 is 0 Å². The number of carbonyl (C=O) groups excluding carboxylic acids is 1. The summed E-state index contributed by atoms with van der Waals surface area (Å²) >= 11 is 0. The first kappa shape index (κ1) is 9.74. The van der Waals surface area contributed by atoms with E-state index in [9.17, 15) is 4.79 Å². The van der Waals surface area contributed by atoms with Gasteiger partial charge in [0.25, 0.3) is 5.91 Å². The third-order valence-corrected chi connectivity index (χ3v) is 1.64. The normalized spacial score (nSPS) is 9.62. The zero-order valence-electron chi connectivity index (χ0n) is 7.63. The van der Waals surface area contributed by atoms with Gasteiger partial charge in [-0.3, -0.25) is 4.79 Å². The van der Waals surface area contributed by atoms with Crippen LogP contribution in [0, 0.1) is 6.07 Å². The van der Waals surface area contributed by atoms with Crippen LogP contribution in [0.25, 0.3) is 0 Å². The second-order valence-electron chi connectivity index (χ2n) is 2.65. The predicted molar refractivity (Wildman–Crippen MR) is 51.5 cm³/mol. The van der Waals surface area contributed by atoms with Crippen molar-refractivity contribution in [3.05, 3.63) is 35.9 Å². The minimum Gasteiger partial charge on any atom is -0.351 e. The standard InChI is InChI=1S/C10H13N2O/c1-11-7-8-12-10(13)9-5-3-2-4-6-9/h3-6,11H,7-8H2,1H3,(H,12,13). The second-order valence-corrected chi connectivity index (χ2v) is 2.65. The summed E-state index contributed by atoms with van der Waals surface area (Å²) in [4.78, 5) is 11.4. The van der Waals surface area contributed by atoms with Gasteiger partial charge in [0.2, 0.25) is 0 Å². The molecule has 1 amide bonds. The van der Waals surface area contributed by atoms with E-state index in [-0.39, 0.29) is 5.91 Å². The molecule has 0 aliphatic heterocycles. The molecule has 1 aromatic rings. The number of carbonyl (C=O) groups is 1. The van der Waals surface area contributed by atoms with Gasteiger partial charge in [0.05, 0.1) is 0 Å². The number of benzene rings is 1. The van der Waals surface area contributed by atoms with E-state index in [0.717, 1.165) is 6.54 Å². The fraction of sp³-hybridized carbons (Fsp3) is 0.300. The Morgan fingerprint density at radius 3 is 2.69 bits per heavy atom. The van der Waals surface area contributed by atoms with Crippen LogP contribution in [-0.2, 0) is 0 Å². The Kier molecular flexibility index (Phi) is 3.99. The van der Waals surface area contributed by atoms with Gasteiger partial charge in [0.15, 0.2) is 0 Å². The van der Waals surface area contributed by atoms with Crippen LogP contribution in [0.1, 0.15) is 10.4 Å². The summed E-state index contributed by atoms with van der Waals surface area (Å²) in [6.07, 6.45) is 0. The number of hydrogen-bond donors (Lipinski definition) is 2. The highest BCUT2D eigenvalue weighted by Gasteiger charge is 2.01. The molecule has 0 saturated carbocycles. The Hall–Kier alpha value is -1.35. The minimum atomic E-state index is -0.0377. The fourth-order valence-corrected chi connectivity index (χ4v) is 0.941. The molecule has 0 unspecified atom stereocenters. The van der Waals surface area contributed by atoms with Crippen LogP contribution >= 0.6 is 0 Å². The highest BCUT2D eigenvalue weighted by atomic mass is 16.1. The molecule has 13 heavy (non-hydrogen) atoms. The molecule has 0 aliphatic carbocycles. The van der Waals surface area contributed by atoms with Crippen LogP contribution in [0.15, 0.2) is 24.3 Å². The molecular formula is C10H13N2O. The van der Waals surface area contributed by atoms with Crippen LogP contribution in [0.5, 0.6) is 0 Å². The van der Waals surface area contributed by atoms with Crippen molar-refractivity contribution in [2.24, 2.45) is 0 Å². The van der Waals surface area contributed by atoms with E-state index in [1.807, 2.05) is 7.05 Å². The average Bonchev–Trinajstić information content (AvgIpc) is 2.19. The zero-order valence-corrected chi connectivity index (χ0v) is 7.63. The first-order valence-corrected chi connectivity index (χ1v) is 4.23. The third kappa shape index (κ3) is 3.25. The number of nitrogens with one attached hydrogen (secondary N) is 2. The van der Waals surface area contributed by atoms with Gasteiger partial charge >= 0.3 is 0 Å². The lowest BCUT2D eigenvalue weighted by Gasteiger charge is -2.03. The predicted octanol–water partition coefficient (Wildman–Crippen LogP) is 0.436. The van der Waals surface area contributed by atoms with Crippen molar-refractivity contribution in [3.63, 3.8) is 0 Å². The smallest absolute Gasteiger partial charge is 0.251 e. The number of rotatable bonds is 4. The van der Waals surface area contributed by atoms with Gasteiger partial charge in [-0.15, -0.1) is 0 Å². The van der Waals surface area contributed by atoms with Gasteiger partial charge in [-0.2, -0.15) is 0 Å². The van der Waals surface area contributed by atoms with Crippen molar-refractivity contribution in [2.75, 3.05) is 20.1 Å². The van der Waals surface area contributed by atoms with Crippen LogP contribution in [-0.4, -0.2) is 26.0 Å². The van der Waals surface area contributed by atoms with E-state index in [4.69, 9.17) is 0 Å². The van der Waals surface area contributed by atoms with Crippen LogP contribution in [0.4, 0.5) is 0 Å². The lowest BCUT2D eigenvalue weighted by Crippen LogP contribution is -2.30. The van der Waals surface area contributed by atoms with Crippen molar-refractivity contribution in [1.29, 1.82) is 0 Å². The maximum atomic E-state index is 11.4. The Labute approximate surface area is 78.2 Å². The highest BCUT2D eigenvalue weighted by molar-refractivity contribution is 5.94. The lowest BCUT2D eigenvalue weighted by molar-refractivity contribution is 0.0954. The summed E-state index contributed by atoms with van der Waals surface area (Å²) in [7, 11) is 1.85. The Bertz CT molecular complexity index is 259. The maximum Gasteiger partial charge on any atom is 0.251 e. The molecule has 0 aromatic heterocycles. The number of amides is 1. The summed E-state index contributed by atoms with van der Waals surface area (Å²) in [6, 6.07) is 9.81. The van der Waals surface area contributed by atoms with Gasteiger partial charge in [-0.05, 0) is 25.2 Å². The molecule has 3 heteroatoms. The first-order valence-electron chi connectivity index (χ1n) is 4.23. The van der Waals surface area contributed by atoms with Gasteiger partial charge in [0, 0.05) is 18.7 Å². The first-order chi connectivity index (χ1) is 6.34. The molecule has 0 aliphatic rings. The van der Waals surface area contributed by atoms with Gasteiger partial charge in [-0.1, -0.05) is 12.1 Å². The summed E-state index contributed by atoms with van der Waals surface area (Å²) in [6.45, 7) is 1.43. The summed E-state index contributed by atoms with van der Waals surface area (Å²) in [5.41, 5.74) is 0.676. The molecule has 0 heterocycles. The third-order valence-electron chi connectivity index (χ3n) is 1.64. The monoisotopic (exact) mass is 177 g/mol. The molecule has 2 N–H and O–H groups in total. The minimum absolute atomic E-state index is 0.0377. The van der Waals surface area contributed by atoms with E-state index in [0.29, 0.717) is 12.1 Å². The molecule has 1 radical (unpaired) electrons. The molecule has 0 saturated heterocycles.